The molecule has 0 radical (unpaired) electrons. The van der Waals surface area contributed by atoms with Gasteiger partial charge >= 0.3 is 0 Å². The summed E-state index contributed by atoms with van der Waals surface area (Å²) < 4.78 is 0. The third-order valence-corrected chi connectivity index (χ3v) is 4.97. The smallest absolute Gasteiger partial charge is 0.254 e. The average molecular weight is 358 g/mol. The van der Waals surface area contributed by atoms with Crippen molar-refractivity contribution in [2.24, 2.45) is 0 Å². The molecule has 3 amide bonds. The van der Waals surface area contributed by atoms with Crippen molar-refractivity contribution < 1.29 is 14.4 Å². The number of amides is 3. The first-order valence-electron chi connectivity index (χ1n) is 7.88. The monoisotopic (exact) mass is 358 g/mol. The summed E-state index contributed by atoms with van der Waals surface area (Å²) in [6, 6.07) is 6.04. The molecule has 0 saturated carbocycles. The Kier molecular flexibility index (Phi) is 4.80. The topological polar surface area (TPSA) is 100 Å². The van der Waals surface area contributed by atoms with Crippen LogP contribution < -0.4 is 16.0 Å². The molecule has 8 heteroatoms. The fraction of sp³-hybridized carbons (Fsp3) is 0.294. The van der Waals surface area contributed by atoms with Crippen molar-refractivity contribution in [1.82, 2.24) is 10.3 Å². The first kappa shape index (κ1) is 17.1. The van der Waals surface area contributed by atoms with Gasteiger partial charge in [-0.3, -0.25) is 14.4 Å². The van der Waals surface area contributed by atoms with Crippen molar-refractivity contribution in [1.29, 1.82) is 0 Å². The van der Waals surface area contributed by atoms with Crippen LogP contribution in [0.5, 0.6) is 0 Å². The van der Waals surface area contributed by atoms with Gasteiger partial charge in [0.2, 0.25) is 11.8 Å². The largest absolute Gasteiger partial charge is 0.340 e. The van der Waals surface area contributed by atoms with E-state index in [0.717, 1.165) is 10.6 Å². The average Bonchev–Trinajstić information content (AvgIpc) is 2.82. The molecule has 1 aromatic carbocycles. The van der Waals surface area contributed by atoms with Crippen molar-refractivity contribution in [2.75, 3.05) is 10.6 Å². The summed E-state index contributed by atoms with van der Waals surface area (Å²) in [7, 11) is 0. The van der Waals surface area contributed by atoms with E-state index in [-0.39, 0.29) is 30.6 Å². The highest BCUT2D eigenvalue weighted by atomic mass is 32.1. The predicted octanol–water partition coefficient (Wildman–Crippen LogP) is 2.23. The van der Waals surface area contributed by atoms with Crippen LogP contribution in [0.4, 0.5) is 10.8 Å². The van der Waals surface area contributed by atoms with Gasteiger partial charge in [0, 0.05) is 11.3 Å². The van der Waals surface area contributed by atoms with Crippen LogP contribution in [0, 0.1) is 13.8 Å². The summed E-state index contributed by atoms with van der Waals surface area (Å²) in [5, 5.41) is 8.67. The number of fused-ring (bicyclic) bond motifs is 1. The maximum atomic E-state index is 12.3. The second kappa shape index (κ2) is 7.02. The third kappa shape index (κ3) is 3.85. The fourth-order valence-electron chi connectivity index (χ4n) is 2.50. The lowest BCUT2D eigenvalue weighted by Gasteiger charge is -2.13. The van der Waals surface area contributed by atoms with Crippen LogP contribution >= 0.6 is 11.3 Å². The molecule has 1 aliphatic heterocycles. The number of carbonyl (C=O) groups is 3. The normalized spacial score (nSPS) is 16.5. The predicted molar refractivity (Wildman–Crippen MR) is 95.8 cm³/mol. The van der Waals surface area contributed by atoms with Crippen molar-refractivity contribution in [3.05, 3.63) is 40.4 Å². The Morgan fingerprint density at radius 3 is 2.76 bits per heavy atom. The molecule has 1 aliphatic rings. The van der Waals surface area contributed by atoms with E-state index >= 15 is 0 Å². The molecule has 3 rings (SSSR count). The van der Waals surface area contributed by atoms with E-state index in [2.05, 4.69) is 20.9 Å². The van der Waals surface area contributed by atoms with Gasteiger partial charge in [0.05, 0.1) is 16.9 Å². The first-order chi connectivity index (χ1) is 11.9. The maximum absolute atomic E-state index is 12.3. The minimum absolute atomic E-state index is 0.104. The standard InChI is InChI=1S/C17H18N4O3S/c1-9-10(2)25-17(18-9)21-14(22)8-7-13-16(24)19-12-6-4-3-5-11(12)15(23)20-13/h3-6,13H,7-8H2,1-2H3,(H,19,24)(H,20,23)(H,18,21,22)/t13-/m0/s1. The van der Waals surface area contributed by atoms with E-state index in [9.17, 15) is 14.4 Å². The van der Waals surface area contributed by atoms with E-state index in [0.29, 0.717) is 16.4 Å². The number of rotatable bonds is 4. The zero-order valence-electron chi connectivity index (χ0n) is 13.9. The Hall–Kier alpha value is -2.74. The number of aryl methyl sites for hydroxylation is 2. The number of aromatic nitrogens is 1. The van der Waals surface area contributed by atoms with Gasteiger partial charge in [-0.1, -0.05) is 12.1 Å². The van der Waals surface area contributed by atoms with Crippen LogP contribution in [-0.4, -0.2) is 28.7 Å². The molecule has 0 aliphatic carbocycles. The molecular weight excluding hydrogens is 340 g/mol. The summed E-state index contributed by atoms with van der Waals surface area (Å²) in [6.07, 6.45) is 0.313. The third-order valence-electron chi connectivity index (χ3n) is 3.99. The Labute approximate surface area is 148 Å². The summed E-state index contributed by atoms with van der Waals surface area (Å²) in [5.41, 5.74) is 1.77. The van der Waals surface area contributed by atoms with Crippen LogP contribution in [-0.2, 0) is 9.59 Å². The van der Waals surface area contributed by atoms with Crippen LogP contribution in [0.1, 0.15) is 33.8 Å². The molecule has 1 aromatic heterocycles. The van der Waals surface area contributed by atoms with Crippen LogP contribution in [0.25, 0.3) is 0 Å². The van der Waals surface area contributed by atoms with Gasteiger partial charge in [-0.15, -0.1) is 11.3 Å². The number of hydrogen-bond acceptors (Lipinski definition) is 5. The van der Waals surface area contributed by atoms with Crippen LogP contribution in [0.3, 0.4) is 0 Å². The van der Waals surface area contributed by atoms with Crippen molar-refractivity contribution in [2.45, 2.75) is 32.7 Å². The van der Waals surface area contributed by atoms with E-state index in [1.54, 1.807) is 24.3 Å². The van der Waals surface area contributed by atoms with E-state index < -0.39 is 6.04 Å². The number of nitrogens with one attached hydrogen (secondary N) is 3. The summed E-state index contributed by atoms with van der Waals surface area (Å²) in [5.74, 6) is -0.893. The molecule has 0 unspecified atom stereocenters. The molecule has 2 heterocycles. The van der Waals surface area contributed by atoms with Gasteiger partial charge in [-0.25, -0.2) is 4.98 Å². The molecule has 0 spiro atoms. The quantitative estimate of drug-likeness (QED) is 0.780. The van der Waals surface area contributed by atoms with Crippen molar-refractivity contribution in [3.63, 3.8) is 0 Å². The van der Waals surface area contributed by atoms with Crippen LogP contribution in [0.15, 0.2) is 24.3 Å². The number of hydrogen-bond donors (Lipinski definition) is 3. The zero-order chi connectivity index (χ0) is 18.0. The lowest BCUT2D eigenvalue weighted by Crippen LogP contribution is -2.41. The molecule has 3 N–H and O–H groups in total. The zero-order valence-corrected chi connectivity index (χ0v) is 14.7. The van der Waals surface area contributed by atoms with E-state index in [1.165, 1.54) is 11.3 Å². The second-order valence-electron chi connectivity index (χ2n) is 5.81. The highest BCUT2D eigenvalue weighted by Crippen LogP contribution is 2.22. The molecule has 0 saturated heterocycles. The highest BCUT2D eigenvalue weighted by molar-refractivity contribution is 7.15. The maximum Gasteiger partial charge on any atom is 0.254 e. The number of carbonyl (C=O) groups excluding carboxylic acids is 3. The highest BCUT2D eigenvalue weighted by Gasteiger charge is 2.27. The Morgan fingerprint density at radius 1 is 1.28 bits per heavy atom. The van der Waals surface area contributed by atoms with Crippen molar-refractivity contribution >= 4 is 39.9 Å². The minimum atomic E-state index is -0.759. The van der Waals surface area contributed by atoms with Gasteiger partial charge in [0.15, 0.2) is 5.13 Å². The van der Waals surface area contributed by atoms with Gasteiger partial charge in [0.1, 0.15) is 6.04 Å². The van der Waals surface area contributed by atoms with Crippen molar-refractivity contribution in [3.8, 4) is 0 Å². The molecular formula is C17H18N4O3S. The van der Waals surface area contributed by atoms with Gasteiger partial charge in [0.25, 0.3) is 5.91 Å². The van der Waals surface area contributed by atoms with E-state index in [4.69, 9.17) is 0 Å². The fourth-order valence-corrected chi connectivity index (χ4v) is 3.33. The van der Waals surface area contributed by atoms with Gasteiger partial charge < -0.3 is 16.0 Å². The number of nitrogens with zero attached hydrogens (tertiary/aromatic N) is 1. The lowest BCUT2D eigenvalue weighted by atomic mass is 10.1. The Morgan fingerprint density at radius 2 is 2.04 bits per heavy atom. The summed E-state index contributed by atoms with van der Waals surface area (Å²) >= 11 is 1.41. The Balaban J connectivity index is 1.60. The first-order valence-corrected chi connectivity index (χ1v) is 8.70. The summed E-state index contributed by atoms with van der Waals surface area (Å²) in [4.78, 5) is 41.9. The number of anilines is 2. The summed E-state index contributed by atoms with van der Waals surface area (Å²) in [6.45, 7) is 3.82. The van der Waals surface area contributed by atoms with Gasteiger partial charge in [-0.2, -0.15) is 0 Å². The number of benzene rings is 1. The number of para-hydroxylation sites is 1. The van der Waals surface area contributed by atoms with Crippen LogP contribution in [0.2, 0.25) is 0 Å². The lowest BCUT2D eigenvalue weighted by molar-refractivity contribution is -0.118. The molecule has 25 heavy (non-hydrogen) atoms. The molecule has 0 bridgehead atoms. The van der Waals surface area contributed by atoms with Gasteiger partial charge in [-0.05, 0) is 32.4 Å². The molecule has 130 valence electrons. The minimum Gasteiger partial charge on any atom is -0.340 e. The molecule has 0 fully saturated rings. The second-order valence-corrected chi connectivity index (χ2v) is 7.01. The SMILES string of the molecule is Cc1nc(NC(=O)CC[C@@H]2NC(=O)c3ccccc3NC2=O)sc1C. The molecule has 7 nitrogen and oxygen atoms in total. The Bertz CT molecular complexity index is 827. The number of thiazole rings is 1. The molecule has 2 aromatic rings. The molecule has 1 atom stereocenters. The van der Waals surface area contributed by atoms with E-state index in [1.807, 2.05) is 13.8 Å².